The Labute approximate surface area is 378 Å². The van der Waals surface area contributed by atoms with E-state index in [0.29, 0.717) is 19.3 Å². The number of allylic oxidation sites excluding steroid dienone is 8. The summed E-state index contributed by atoms with van der Waals surface area (Å²) < 4.78 is 16.7. The topological polar surface area (TPSA) is 78.9 Å². The van der Waals surface area contributed by atoms with Crippen molar-refractivity contribution in [2.45, 2.75) is 271 Å². The van der Waals surface area contributed by atoms with Crippen molar-refractivity contribution in [1.82, 2.24) is 0 Å². The average molecular weight is 855 g/mol. The first-order valence-corrected chi connectivity index (χ1v) is 26.1. The standard InChI is InChI=1S/C55H98O6/c1-4-7-10-13-15-17-19-21-23-25-26-27-28-30-31-33-35-37-39-42-45-48-54(57)60-51-52(50-59-53(56)47-44-41-12-9-6-3)61-55(58)49-46-43-40-38-36-34-32-29-24-22-20-18-16-14-11-8-5-2/h16,18-19,21-22,24-26,52H,4-15,17,20,23,27-51H2,1-3H3/b18-16-,21-19-,24-22-,26-25-. The minimum Gasteiger partial charge on any atom is -0.462 e. The van der Waals surface area contributed by atoms with E-state index in [4.69, 9.17) is 14.2 Å². The van der Waals surface area contributed by atoms with Crippen LogP contribution in [0.1, 0.15) is 265 Å². The third kappa shape index (κ3) is 48.3. The largest absolute Gasteiger partial charge is 0.462 e. The molecule has 0 fully saturated rings. The van der Waals surface area contributed by atoms with Crippen LogP contribution in [-0.4, -0.2) is 37.2 Å². The highest BCUT2D eigenvalue weighted by Crippen LogP contribution is 2.15. The van der Waals surface area contributed by atoms with Gasteiger partial charge in [0.15, 0.2) is 6.10 Å². The number of rotatable bonds is 47. The second-order valence-corrected chi connectivity index (χ2v) is 17.4. The second-order valence-electron chi connectivity index (χ2n) is 17.4. The van der Waals surface area contributed by atoms with Crippen LogP contribution in [0.5, 0.6) is 0 Å². The van der Waals surface area contributed by atoms with Crippen molar-refractivity contribution in [2.75, 3.05) is 13.2 Å². The summed E-state index contributed by atoms with van der Waals surface area (Å²) in [6, 6.07) is 0. The van der Waals surface area contributed by atoms with Crippen LogP contribution in [0.4, 0.5) is 0 Å². The van der Waals surface area contributed by atoms with E-state index >= 15 is 0 Å². The van der Waals surface area contributed by atoms with Crippen molar-refractivity contribution < 1.29 is 28.6 Å². The van der Waals surface area contributed by atoms with Crippen LogP contribution in [-0.2, 0) is 28.6 Å². The van der Waals surface area contributed by atoms with E-state index in [-0.39, 0.29) is 31.1 Å². The molecule has 61 heavy (non-hydrogen) atoms. The second kappa shape index (κ2) is 50.0. The van der Waals surface area contributed by atoms with Gasteiger partial charge < -0.3 is 14.2 Å². The lowest BCUT2D eigenvalue weighted by Crippen LogP contribution is -2.30. The quantitative estimate of drug-likeness (QED) is 0.0263. The van der Waals surface area contributed by atoms with Gasteiger partial charge in [0, 0.05) is 19.3 Å². The van der Waals surface area contributed by atoms with E-state index in [1.807, 2.05) is 0 Å². The molecule has 0 aliphatic carbocycles. The van der Waals surface area contributed by atoms with E-state index < -0.39 is 6.10 Å². The summed E-state index contributed by atoms with van der Waals surface area (Å²) in [4.78, 5) is 37.7. The molecule has 1 atom stereocenters. The first kappa shape index (κ1) is 58.4. The maximum atomic E-state index is 12.7. The number of hydrogen-bond donors (Lipinski definition) is 0. The van der Waals surface area contributed by atoms with Crippen molar-refractivity contribution in [1.29, 1.82) is 0 Å². The molecular formula is C55H98O6. The van der Waals surface area contributed by atoms with Crippen LogP contribution in [0.2, 0.25) is 0 Å². The molecule has 0 N–H and O–H groups in total. The molecule has 354 valence electrons. The Morgan fingerprint density at radius 2 is 0.590 bits per heavy atom. The number of carbonyl (C=O) groups excluding carboxylic acids is 3. The van der Waals surface area contributed by atoms with Gasteiger partial charge in [-0.3, -0.25) is 14.4 Å². The molecule has 6 heteroatoms. The van der Waals surface area contributed by atoms with Gasteiger partial charge in [0.05, 0.1) is 0 Å². The van der Waals surface area contributed by atoms with E-state index in [1.165, 1.54) is 141 Å². The monoisotopic (exact) mass is 855 g/mol. The Hall–Kier alpha value is -2.63. The van der Waals surface area contributed by atoms with Gasteiger partial charge in [0.2, 0.25) is 0 Å². The Bertz CT molecular complexity index is 1070. The lowest BCUT2D eigenvalue weighted by molar-refractivity contribution is -0.167. The van der Waals surface area contributed by atoms with Crippen LogP contribution >= 0.6 is 0 Å². The zero-order chi connectivity index (χ0) is 44.4. The minimum atomic E-state index is -0.774. The normalized spacial score (nSPS) is 12.4. The van der Waals surface area contributed by atoms with Crippen molar-refractivity contribution in [3.8, 4) is 0 Å². The Balaban J connectivity index is 4.15. The number of carbonyl (C=O) groups is 3. The number of esters is 3. The van der Waals surface area contributed by atoms with Crippen LogP contribution < -0.4 is 0 Å². The zero-order valence-corrected chi connectivity index (χ0v) is 40.4. The van der Waals surface area contributed by atoms with Gasteiger partial charge in [0.25, 0.3) is 0 Å². The van der Waals surface area contributed by atoms with Crippen LogP contribution in [0, 0.1) is 0 Å². The Morgan fingerprint density at radius 1 is 0.328 bits per heavy atom. The van der Waals surface area contributed by atoms with Gasteiger partial charge in [-0.2, -0.15) is 0 Å². The fourth-order valence-corrected chi connectivity index (χ4v) is 7.33. The SMILES string of the molecule is CCCCC/C=C\C/C=C\CCCCCCCCCC(=O)OC(COC(=O)CCCCCCC)COC(=O)CCCCCCCCCCC/C=C\C/C=C\CCCCCCC. The summed E-state index contributed by atoms with van der Waals surface area (Å²) in [5, 5.41) is 0. The fourth-order valence-electron chi connectivity index (χ4n) is 7.33. The number of ether oxygens (including phenoxy) is 3. The summed E-state index contributed by atoms with van der Waals surface area (Å²) in [6.07, 6.45) is 59.9. The third-order valence-electron chi connectivity index (χ3n) is 11.3. The predicted octanol–water partition coefficient (Wildman–Crippen LogP) is 17.1. The van der Waals surface area contributed by atoms with Crippen molar-refractivity contribution >= 4 is 17.9 Å². The van der Waals surface area contributed by atoms with Gasteiger partial charge in [-0.15, -0.1) is 0 Å². The molecule has 0 saturated heterocycles. The molecule has 1 unspecified atom stereocenters. The van der Waals surface area contributed by atoms with Crippen molar-refractivity contribution in [3.05, 3.63) is 48.6 Å². The molecule has 0 amide bonds. The summed E-state index contributed by atoms with van der Waals surface area (Å²) in [6.45, 7) is 6.52. The van der Waals surface area contributed by atoms with E-state index in [0.717, 1.165) is 83.5 Å². The van der Waals surface area contributed by atoms with Crippen LogP contribution in [0.15, 0.2) is 48.6 Å². The first-order valence-electron chi connectivity index (χ1n) is 26.1. The molecule has 6 nitrogen and oxygen atoms in total. The van der Waals surface area contributed by atoms with Crippen molar-refractivity contribution in [2.24, 2.45) is 0 Å². The van der Waals surface area contributed by atoms with Crippen molar-refractivity contribution in [3.63, 3.8) is 0 Å². The smallest absolute Gasteiger partial charge is 0.306 e. The molecule has 0 heterocycles. The molecule has 0 radical (unpaired) electrons. The van der Waals surface area contributed by atoms with E-state index in [9.17, 15) is 14.4 Å². The molecular weight excluding hydrogens is 757 g/mol. The van der Waals surface area contributed by atoms with Gasteiger partial charge in [-0.25, -0.2) is 0 Å². The highest BCUT2D eigenvalue weighted by atomic mass is 16.6. The number of hydrogen-bond acceptors (Lipinski definition) is 6. The Morgan fingerprint density at radius 3 is 0.934 bits per heavy atom. The van der Waals surface area contributed by atoms with Gasteiger partial charge >= 0.3 is 17.9 Å². The lowest BCUT2D eigenvalue weighted by atomic mass is 10.1. The molecule has 0 aromatic rings. The predicted molar refractivity (Wildman–Crippen MR) is 261 cm³/mol. The van der Waals surface area contributed by atoms with Gasteiger partial charge in [-0.1, -0.05) is 211 Å². The summed E-state index contributed by atoms with van der Waals surface area (Å²) >= 11 is 0. The maximum absolute atomic E-state index is 12.7. The maximum Gasteiger partial charge on any atom is 0.306 e. The average Bonchev–Trinajstić information content (AvgIpc) is 3.26. The molecule has 0 aromatic heterocycles. The summed E-state index contributed by atoms with van der Waals surface area (Å²) in [5.41, 5.74) is 0. The molecule has 0 spiro atoms. The summed E-state index contributed by atoms with van der Waals surface area (Å²) in [7, 11) is 0. The molecule has 0 rings (SSSR count). The van der Waals surface area contributed by atoms with E-state index in [2.05, 4.69) is 69.4 Å². The molecule has 0 aliphatic rings. The minimum absolute atomic E-state index is 0.0780. The summed E-state index contributed by atoms with van der Waals surface area (Å²) in [5.74, 6) is -0.898. The Kier molecular flexibility index (Phi) is 47.9. The number of unbranched alkanes of at least 4 members (excludes halogenated alkanes) is 28. The fraction of sp³-hybridized carbons (Fsp3) is 0.800. The van der Waals surface area contributed by atoms with Gasteiger partial charge in [-0.05, 0) is 83.5 Å². The zero-order valence-electron chi connectivity index (χ0n) is 40.4. The van der Waals surface area contributed by atoms with Crippen LogP contribution in [0.3, 0.4) is 0 Å². The lowest BCUT2D eigenvalue weighted by Gasteiger charge is -2.18. The van der Waals surface area contributed by atoms with Crippen LogP contribution in [0.25, 0.3) is 0 Å². The first-order chi connectivity index (χ1) is 30.0. The van der Waals surface area contributed by atoms with E-state index in [1.54, 1.807) is 0 Å². The molecule has 0 saturated carbocycles. The molecule has 0 bridgehead atoms. The van der Waals surface area contributed by atoms with Gasteiger partial charge in [0.1, 0.15) is 13.2 Å². The molecule has 0 aliphatic heterocycles. The molecule has 0 aromatic carbocycles. The highest BCUT2D eigenvalue weighted by Gasteiger charge is 2.19. The highest BCUT2D eigenvalue weighted by molar-refractivity contribution is 5.71. The third-order valence-corrected chi connectivity index (χ3v) is 11.3.